The standard InChI is InChI=1S/C35H34F5NO/c1-2-3-4-5-23-6-8-24(9-7-23)26-12-17-30(32(37)20-26)35(39,40)42-29-15-10-25(11-16-29)28-14-19-34(41-22-28)27-13-18-31(36)33(38)21-27/h10-24H,2-9H2,1H3. The van der Waals surface area contributed by atoms with E-state index in [9.17, 15) is 13.2 Å². The molecule has 0 N–H and O–H groups in total. The first-order valence-corrected chi connectivity index (χ1v) is 14.6. The topological polar surface area (TPSA) is 22.1 Å². The highest BCUT2D eigenvalue weighted by Crippen LogP contribution is 2.40. The summed E-state index contributed by atoms with van der Waals surface area (Å²) in [7, 11) is 0. The lowest BCUT2D eigenvalue weighted by atomic mass is 9.77. The zero-order valence-electron chi connectivity index (χ0n) is 23.6. The number of rotatable bonds is 10. The van der Waals surface area contributed by atoms with E-state index in [-0.39, 0.29) is 11.7 Å². The second-order valence-electron chi connectivity index (χ2n) is 11.2. The molecule has 0 saturated heterocycles. The van der Waals surface area contributed by atoms with Crippen LogP contribution in [0.15, 0.2) is 79.0 Å². The summed E-state index contributed by atoms with van der Waals surface area (Å²) in [5.74, 6) is -2.07. The van der Waals surface area contributed by atoms with Gasteiger partial charge in [0.15, 0.2) is 11.6 Å². The van der Waals surface area contributed by atoms with Crippen molar-refractivity contribution in [2.24, 2.45) is 5.92 Å². The summed E-state index contributed by atoms with van der Waals surface area (Å²) in [6.45, 7) is 2.20. The van der Waals surface area contributed by atoms with Gasteiger partial charge in [-0.25, -0.2) is 13.2 Å². The van der Waals surface area contributed by atoms with Crippen molar-refractivity contribution in [2.45, 2.75) is 70.3 Å². The van der Waals surface area contributed by atoms with Crippen LogP contribution in [0, 0.1) is 23.4 Å². The molecule has 0 aliphatic heterocycles. The Morgan fingerprint density at radius 1 is 0.738 bits per heavy atom. The van der Waals surface area contributed by atoms with Gasteiger partial charge in [-0.15, -0.1) is 0 Å². The molecular weight excluding hydrogens is 545 g/mol. The average molecular weight is 580 g/mol. The molecule has 2 nitrogen and oxygen atoms in total. The number of hydrogen-bond donors (Lipinski definition) is 0. The number of halogens is 5. The highest BCUT2D eigenvalue weighted by Gasteiger charge is 2.38. The SMILES string of the molecule is CCCCCC1CCC(c2ccc(C(F)(F)Oc3ccc(-c4ccc(-c5ccc(F)c(F)c5)nc4)cc3)c(F)c2)CC1. The van der Waals surface area contributed by atoms with E-state index in [2.05, 4.69) is 11.9 Å². The molecule has 4 aromatic rings. The summed E-state index contributed by atoms with van der Waals surface area (Å²) in [6.07, 6.45) is 6.76. The molecule has 3 aromatic carbocycles. The van der Waals surface area contributed by atoms with Crippen LogP contribution in [-0.4, -0.2) is 4.98 Å². The van der Waals surface area contributed by atoms with Gasteiger partial charge in [0.25, 0.3) is 0 Å². The zero-order chi connectivity index (χ0) is 29.7. The van der Waals surface area contributed by atoms with Crippen LogP contribution >= 0.6 is 0 Å². The van der Waals surface area contributed by atoms with Gasteiger partial charge in [0.2, 0.25) is 0 Å². The number of ether oxygens (including phenoxy) is 1. The zero-order valence-corrected chi connectivity index (χ0v) is 23.6. The molecule has 5 rings (SSSR count). The molecule has 0 atom stereocenters. The Balaban J connectivity index is 1.21. The Hall–Kier alpha value is -3.74. The first-order chi connectivity index (χ1) is 20.2. The summed E-state index contributed by atoms with van der Waals surface area (Å²) in [5.41, 5.74) is 2.24. The van der Waals surface area contributed by atoms with E-state index in [1.54, 1.807) is 36.5 Å². The molecule has 0 amide bonds. The van der Waals surface area contributed by atoms with Crippen molar-refractivity contribution in [3.63, 3.8) is 0 Å². The fourth-order valence-corrected chi connectivity index (χ4v) is 5.80. The van der Waals surface area contributed by atoms with Gasteiger partial charge in [0.1, 0.15) is 11.6 Å². The van der Waals surface area contributed by atoms with Crippen LogP contribution < -0.4 is 4.74 Å². The molecule has 220 valence electrons. The van der Waals surface area contributed by atoms with Crippen molar-refractivity contribution in [2.75, 3.05) is 0 Å². The molecule has 42 heavy (non-hydrogen) atoms. The third kappa shape index (κ3) is 7.00. The number of pyridine rings is 1. The third-order valence-corrected chi connectivity index (χ3v) is 8.25. The van der Waals surface area contributed by atoms with Gasteiger partial charge in [-0.05, 0) is 97.2 Å². The smallest absolute Gasteiger partial charge is 0.429 e. The fraction of sp³-hybridized carbons (Fsp3) is 0.343. The molecule has 0 unspecified atom stereocenters. The molecule has 0 bridgehead atoms. The highest BCUT2D eigenvalue weighted by molar-refractivity contribution is 5.67. The maximum Gasteiger partial charge on any atom is 0.429 e. The summed E-state index contributed by atoms with van der Waals surface area (Å²) in [6, 6.07) is 16.9. The maximum atomic E-state index is 15.0. The van der Waals surface area contributed by atoms with Crippen LogP contribution in [0.1, 0.15) is 75.3 Å². The van der Waals surface area contributed by atoms with Crippen molar-refractivity contribution in [3.8, 4) is 28.1 Å². The number of nitrogens with zero attached hydrogens (tertiary/aromatic N) is 1. The normalized spacial score (nSPS) is 17.3. The molecule has 1 aliphatic rings. The first-order valence-electron chi connectivity index (χ1n) is 14.6. The minimum Gasteiger partial charge on any atom is -0.429 e. The van der Waals surface area contributed by atoms with Crippen LogP contribution in [0.3, 0.4) is 0 Å². The van der Waals surface area contributed by atoms with E-state index in [1.807, 2.05) is 0 Å². The van der Waals surface area contributed by atoms with Crippen molar-refractivity contribution >= 4 is 0 Å². The number of hydrogen-bond acceptors (Lipinski definition) is 2. The predicted molar refractivity (Wildman–Crippen MR) is 155 cm³/mol. The lowest BCUT2D eigenvalue weighted by Gasteiger charge is -2.29. The molecule has 1 heterocycles. The lowest BCUT2D eigenvalue weighted by molar-refractivity contribution is -0.187. The van der Waals surface area contributed by atoms with Gasteiger partial charge in [-0.3, -0.25) is 4.98 Å². The van der Waals surface area contributed by atoms with Crippen molar-refractivity contribution in [1.82, 2.24) is 4.98 Å². The molecule has 1 aromatic heterocycles. The van der Waals surface area contributed by atoms with Gasteiger partial charge < -0.3 is 4.74 Å². The number of benzene rings is 3. The number of aromatic nitrogens is 1. The van der Waals surface area contributed by atoms with Crippen LogP contribution in [0.2, 0.25) is 0 Å². The summed E-state index contributed by atoms with van der Waals surface area (Å²) >= 11 is 0. The van der Waals surface area contributed by atoms with Crippen LogP contribution in [0.25, 0.3) is 22.4 Å². The molecule has 7 heteroatoms. The minimum absolute atomic E-state index is 0.111. The van der Waals surface area contributed by atoms with E-state index in [0.717, 1.165) is 49.4 Å². The molecule has 0 spiro atoms. The quantitative estimate of drug-likeness (QED) is 0.138. The summed E-state index contributed by atoms with van der Waals surface area (Å²) in [4.78, 5) is 4.30. The summed E-state index contributed by atoms with van der Waals surface area (Å²) in [5, 5.41) is 0. The number of alkyl halides is 2. The van der Waals surface area contributed by atoms with Crippen molar-refractivity contribution in [1.29, 1.82) is 0 Å². The average Bonchev–Trinajstić information content (AvgIpc) is 2.99. The van der Waals surface area contributed by atoms with Crippen molar-refractivity contribution in [3.05, 3.63) is 108 Å². The van der Waals surface area contributed by atoms with Gasteiger partial charge in [0.05, 0.1) is 11.3 Å². The second-order valence-corrected chi connectivity index (χ2v) is 11.2. The largest absolute Gasteiger partial charge is 0.429 e. The van der Waals surface area contributed by atoms with Gasteiger partial charge in [-0.1, -0.05) is 56.9 Å². The van der Waals surface area contributed by atoms with E-state index in [0.29, 0.717) is 28.3 Å². The molecule has 1 saturated carbocycles. The minimum atomic E-state index is -3.85. The van der Waals surface area contributed by atoms with Crippen LogP contribution in [0.5, 0.6) is 5.75 Å². The summed E-state index contributed by atoms with van der Waals surface area (Å²) < 4.78 is 76.7. The van der Waals surface area contributed by atoms with Crippen LogP contribution in [0.4, 0.5) is 22.0 Å². The Morgan fingerprint density at radius 2 is 1.45 bits per heavy atom. The van der Waals surface area contributed by atoms with Crippen molar-refractivity contribution < 1.29 is 26.7 Å². The van der Waals surface area contributed by atoms with Crippen LogP contribution in [-0.2, 0) is 6.11 Å². The molecular formula is C35H34F5NO. The van der Waals surface area contributed by atoms with E-state index in [4.69, 9.17) is 4.74 Å². The molecule has 0 radical (unpaired) electrons. The molecule has 1 fully saturated rings. The molecule has 1 aliphatic carbocycles. The third-order valence-electron chi connectivity index (χ3n) is 8.25. The highest BCUT2D eigenvalue weighted by atomic mass is 19.3. The first kappa shape index (κ1) is 29.7. The fourth-order valence-electron chi connectivity index (χ4n) is 5.80. The lowest BCUT2D eigenvalue weighted by Crippen LogP contribution is -2.23. The van der Waals surface area contributed by atoms with E-state index < -0.39 is 29.1 Å². The van der Waals surface area contributed by atoms with E-state index >= 15 is 8.78 Å². The van der Waals surface area contributed by atoms with Gasteiger partial charge >= 0.3 is 6.11 Å². The Labute approximate surface area is 243 Å². The Bertz CT molecular complexity index is 1480. The van der Waals surface area contributed by atoms with E-state index in [1.165, 1.54) is 49.9 Å². The Kier molecular flexibility index (Phi) is 9.24. The monoisotopic (exact) mass is 579 g/mol. The maximum absolute atomic E-state index is 15.0. The second kappa shape index (κ2) is 13.1. The van der Waals surface area contributed by atoms with Gasteiger partial charge in [0, 0.05) is 17.3 Å². The predicted octanol–water partition coefficient (Wildman–Crippen LogP) is 10.8. The number of unbranched alkanes of at least 4 members (excludes halogenated alkanes) is 2. The Morgan fingerprint density at radius 3 is 2.10 bits per heavy atom. The van der Waals surface area contributed by atoms with Gasteiger partial charge in [-0.2, -0.15) is 8.78 Å².